The van der Waals surface area contributed by atoms with Crippen LogP contribution in [-0.2, 0) is 4.79 Å². The van der Waals surface area contributed by atoms with Crippen LogP contribution in [0.15, 0.2) is 36.4 Å². The fraction of sp³-hybridized carbons (Fsp3) is 0.0833. The molecule has 0 amide bonds. The first kappa shape index (κ1) is 10.9. The van der Waals surface area contributed by atoms with Crippen molar-refractivity contribution in [2.75, 3.05) is 11.9 Å². The maximum Gasteiger partial charge on any atom is 0.328 e. The fourth-order valence-electron chi connectivity index (χ4n) is 1.06. The second-order valence-electron chi connectivity index (χ2n) is 2.85. The van der Waals surface area contributed by atoms with Gasteiger partial charge in [0.1, 0.15) is 0 Å². The summed E-state index contributed by atoms with van der Waals surface area (Å²) >= 11 is 0. The standard InChI is InChI=1S/C12H11NO2/c1-2-10-5-3-6-11(9-10)13-8-4-7-12(14)15/h1,3-7,9,13H,8H2,(H,14,15)/b7-4+. The van der Waals surface area contributed by atoms with Crippen LogP contribution in [-0.4, -0.2) is 17.6 Å². The number of terminal acetylenes is 1. The first-order chi connectivity index (χ1) is 7.22. The summed E-state index contributed by atoms with van der Waals surface area (Å²) in [5.74, 6) is 1.57. The van der Waals surface area contributed by atoms with Gasteiger partial charge in [-0.3, -0.25) is 0 Å². The molecule has 76 valence electrons. The molecule has 0 saturated heterocycles. The average Bonchev–Trinajstić information content (AvgIpc) is 2.24. The van der Waals surface area contributed by atoms with Gasteiger partial charge >= 0.3 is 5.97 Å². The van der Waals surface area contributed by atoms with Gasteiger partial charge in [0.15, 0.2) is 0 Å². The van der Waals surface area contributed by atoms with E-state index in [9.17, 15) is 4.79 Å². The molecule has 0 aromatic heterocycles. The largest absolute Gasteiger partial charge is 0.478 e. The van der Waals surface area contributed by atoms with Crippen molar-refractivity contribution in [2.45, 2.75) is 0 Å². The number of hydrogen-bond acceptors (Lipinski definition) is 2. The summed E-state index contributed by atoms with van der Waals surface area (Å²) in [5, 5.41) is 11.4. The summed E-state index contributed by atoms with van der Waals surface area (Å²) in [7, 11) is 0. The van der Waals surface area contributed by atoms with E-state index in [4.69, 9.17) is 11.5 Å². The van der Waals surface area contributed by atoms with Crippen LogP contribution >= 0.6 is 0 Å². The third-order valence-corrected chi connectivity index (χ3v) is 1.71. The Morgan fingerprint density at radius 2 is 2.40 bits per heavy atom. The minimum Gasteiger partial charge on any atom is -0.478 e. The van der Waals surface area contributed by atoms with Gasteiger partial charge in [-0.25, -0.2) is 4.79 Å². The molecule has 0 radical (unpaired) electrons. The van der Waals surface area contributed by atoms with Crippen molar-refractivity contribution in [1.82, 2.24) is 0 Å². The molecule has 3 nitrogen and oxygen atoms in total. The summed E-state index contributed by atoms with van der Waals surface area (Å²) in [6, 6.07) is 7.38. The molecule has 15 heavy (non-hydrogen) atoms. The Morgan fingerprint density at radius 3 is 3.07 bits per heavy atom. The monoisotopic (exact) mass is 201 g/mol. The van der Waals surface area contributed by atoms with Crippen molar-refractivity contribution in [1.29, 1.82) is 0 Å². The maximum atomic E-state index is 10.2. The molecule has 1 aromatic carbocycles. The van der Waals surface area contributed by atoms with Crippen molar-refractivity contribution in [2.24, 2.45) is 0 Å². The van der Waals surface area contributed by atoms with Crippen molar-refractivity contribution in [3.63, 3.8) is 0 Å². The molecule has 0 aliphatic rings. The molecule has 0 atom stereocenters. The summed E-state index contributed by atoms with van der Waals surface area (Å²) in [4.78, 5) is 10.2. The van der Waals surface area contributed by atoms with E-state index in [2.05, 4.69) is 11.2 Å². The highest BCUT2D eigenvalue weighted by molar-refractivity contribution is 5.79. The number of rotatable bonds is 4. The molecule has 0 aliphatic carbocycles. The highest BCUT2D eigenvalue weighted by Crippen LogP contribution is 2.08. The van der Waals surface area contributed by atoms with Crippen molar-refractivity contribution < 1.29 is 9.90 Å². The van der Waals surface area contributed by atoms with E-state index >= 15 is 0 Å². The lowest BCUT2D eigenvalue weighted by Gasteiger charge is -2.02. The molecule has 1 rings (SSSR count). The number of carboxylic acid groups (broad SMARTS) is 1. The third kappa shape index (κ3) is 4.01. The molecule has 2 N–H and O–H groups in total. The normalized spacial score (nSPS) is 9.80. The minimum atomic E-state index is -0.950. The number of carbonyl (C=O) groups is 1. The van der Waals surface area contributed by atoms with Gasteiger partial charge in [0.05, 0.1) is 0 Å². The van der Waals surface area contributed by atoms with Crippen LogP contribution in [0.1, 0.15) is 5.56 Å². The topological polar surface area (TPSA) is 49.3 Å². The third-order valence-electron chi connectivity index (χ3n) is 1.71. The number of nitrogens with one attached hydrogen (secondary N) is 1. The van der Waals surface area contributed by atoms with E-state index in [0.717, 1.165) is 17.3 Å². The Balaban J connectivity index is 2.51. The number of anilines is 1. The smallest absolute Gasteiger partial charge is 0.328 e. The lowest BCUT2D eigenvalue weighted by Crippen LogP contribution is -1.99. The zero-order valence-electron chi connectivity index (χ0n) is 8.10. The molecule has 0 aliphatic heterocycles. The molecular formula is C12H11NO2. The summed E-state index contributed by atoms with van der Waals surface area (Å²) < 4.78 is 0. The first-order valence-electron chi connectivity index (χ1n) is 4.42. The molecule has 0 unspecified atom stereocenters. The van der Waals surface area contributed by atoms with Crippen LogP contribution in [0.5, 0.6) is 0 Å². The van der Waals surface area contributed by atoms with Crippen LogP contribution in [0.2, 0.25) is 0 Å². The van der Waals surface area contributed by atoms with E-state index in [1.807, 2.05) is 24.3 Å². The van der Waals surface area contributed by atoms with Crippen LogP contribution in [0.4, 0.5) is 5.69 Å². The van der Waals surface area contributed by atoms with Gasteiger partial charge in [-0.05, 0) is 18.2 Å². The Labute approximate surface area is 88.4 Å². The minimum absolute atomic E-state index is 0.459. The Hall–Kier alpha value is -2.21. The molecule has 0 saturated carbocycles. The molecule has 3 heteroatoms. The summed E-state index contributed by atoms with van der Waals surface area (Å²) in [6.07, 6.45) is 7.87. The van der Waals surface area contributed by atoms with E-state index < -0.39 is 5.97 Å². The van der Waals surface area contributed by atoms with E-state index in [-0.39, 0.29) is 0 Å². The number of benzene rings is 1. The lowest BCUT2D eigenvalue weighted by atomic mass is 10.2. The highest BCUT2D eigenvalue weighted by Gasteiger charge is 1.91. The predicted octanol–water partition coefficient (Wildman–Crippen LogP) is 1.72. The second-order valence-corrected chi connectivity index (χ2v) is 2.85. The molecule has 0 fully saturated rings. The fourth-order valence-corrected chi connectivity index (χ4v) is 1.06. The van der Waals surface area contributed by atoms with Gasteiger partial charge in [-0.15, -0.1) is 6.42 Å². The van der Waals surface area contributed by atoms with Crippen LogP contribution in [0, 0.1) is 12.3 Å². The molecule has 0 bridgehead atoms. The second kappa shape index (κ2) is 5.51. The van der Waals surface area contributed by atoms with Gasteiger partial charge in [-0.2, -0.15) is 0 Å². The lowest BCUT2D eigenvalue weighted by molar-refractivity contribution is -0.131. The summed E-state index contributed by atoms with van der Waals surface area (Å²) in [5.41, 5.74) is 1.67. The highest BCUT2D eigenvalue weighted by atomic mass is 16.4. The zero-order chi connectivity index (χ0) is 11.1. The van der Waals surface area contributed by atoms with Gasteiger partial charge in [0.2, 0.25) is 0 Å². The van der Waals surface area contributed by atoms with E-state index in [1.54, 1.807) is 0 Å². The molecule has 0 heterocycles. The van der Waals surface area contributed by atoms with Crippen molar-refractivity contribution in [3.8, 4) is 12.3 Å². The van der Waals surface area contributed by atoms with Gasteiger partial charge < -0.3 is 10.4 Å². The Kier molecular flexibility index (Phi) is 3.99. The van der Waals surface area contributed by atoms with Gasteiger partial charge in [-0.1, -0.05) is 18.1 Å². The predicted molar refractivity (Wildman–Crippen MR) is 59.6 cm³/mol. The van der Waals surface area contributed by atoms with E-state index in [0.29, 0.717) is 6.54 Å². The van der Waals surface area contributed by atoms with Crippen molar-refractivity contribution >= 4 is 11.7 Å². The number of carboxylic acids is 1. The Morgan fingerprint density at radius 1 is 1.60 bits per heavy atom. The van der Waals surface area contributed by atoms with Crippen LogP contribution in [0.25, 0.3) is 0 Å². The number of aliphatic carboxylic acids is 1. The average molecular weight is 201 g/mol. The first-order valence-corrected chi connectivity index (χ1v) is 4.42. The van der Waals surface area contributed by atoms with E-state index in [1.165, 1.54) is 6.08 Å². The van der Waals surface area contributed by atoms with Crippen LogP contribution < -0.4 is 5.32 Å². The molecule has 0 spiro atoms. The SMILES string of the molecule is C#Cc1cccc(NC/C=C/C(=O)O)c1. The zero-order valence-corrected chi connectivity index (χ0v) is 8.10. The Bertz CT molecular complexity index is 416. The molecule has 1 aromatic rings. The van der Waals surface area contributed by atoms with Crippen LogP contribution in [0.3, 0.4) is 0 Å². The van der Waals surface area contributed by atoms with Gasteiger partial charge in [0.25, 0.3) is 0 Å². The molecular weight excluding hydrogens is 190 g/mol. The quantitative estimate of drug-likeness (QED) is 0.576. The van der Waals surface area contributed by atoms with Crippen molar-refractivity contribution in [3.05, 3.63) is 42.0 Å². The van der Waals surface area contributed by atoms with Gasteiger partial charge in [0, 0.05) is 23.9 Å². The maximum absolute atomic E-state index is 10.2. The number of hydrogen-bond donors (Lipinski definition) is 2. The summed E-state index contributed by atoms with van der Waals surface area (Å²) in [6.45, 7) is 0.459.